The molecule has 0 amide bonds. The summed E-state index contributed by atoms with van der Waals surface area (Å²) in [5.74, 6) is -0.775. The molecule has 7 heteroatoms. The molecule has 4 aliphatic rings. The highest BCUT2D eigenvalue weighted by atomic mass is 16.5. The van der Waals surface area contributed by atoms with Crippen molar-refractivity contribution in [1.29, 1.82) is 0 Å². The summed E-state index contributed by atoms with van der Waals surface area (Å²) < 4.78 is 10.3. The van der Waals surface area contributed by atoms with Gasteiger partial charge in [0.15, 0.2) is 12.4 Å². The monoisotopic (exact) mass is 474 g/mol. The molecule has 0 aromatic heterocycles. The van der Waals surface area contributed by atoms with Crippen LogP contribution < -0.4 is 0 Å². The van der Waals surface area contributed by atoms with E-state index in [-0.39, 0.29) is 42.5 Å². The molecule has 0 radical (unpaired) electrons. The van der Waals surface area contributed by atoms with Crippen molar-refractivity contribution in [3.05, 3.63) is 23.8 Å². The molecule has 0 bridgehead atoms. The Bertz CT molecular complexity index is 922. The predicted octanol–water partition coefficient (Wildman–Crippen LogP) is 2.78. The number of ketones is 2. The summed E-state index contributed by atoms with van der Waals surface area (Å²) in [6.45, 7) is 8.23. The highest BCUT2D eigenvalue weighted by molar-refractivity contribution is 6.01. The van der Waals surface area contributed by atoms with Crippen molar-refractivity contribution in [1.82, 2.24) is 0 Å². The summed E-state index contributed by atoms with van der Waals surface area (Å²) >= 11 is 0. The van der Waals surface area contributed by atoms with Crippen molar-refractivity contribution >= 4 is 17.5 Å². The summed E-state index contributed by atoms with van der Waals surface area (Å²) in [6, 6.07) is 0. The molecule has 4 rings (SSSR count). The fourth-order valence-corrected chi connectivity index (χ4v) is 7.85. The van der Waals surface area contributed by atoms with Gasteiger partial charge in [-0.3, -0.25) is 14.4 Å². The van der Waals surface area contributed by atoms with Crippen molar-refractivity contribution in [2.75, 3.05) is 19.8 Å². The van der Waals surface area contributed by atoms with Gasteiger partial charge in [0.1, 0.15) is 5.60 Å². The van der Waals surface area contributed by atoms with Crippen molar-refractivity contribution in [2.24, 2.45) is 34.5 Å². The first-order chi connectivity index (χ1) is 16.0. The molecular weight excluding hydrogens is 436 g/mol. The van der Waals surface area contributed by atoms with Gasteiger partial charge in [0.2, 0.25) is 5.78 Å². The number of hydrogen-bond acceptors (Lipinski definition) is 7. The second-order valence-electron chi connectivity index (χ2n) is 11.2. The molecular formula is C27H38O7. The molecule has 0 saturated heterocycles. The van der Waals surface area contributed by atoms with Crippen LogP contribution in [0.5, 0.6) is 0 Å². The van der Waals surface area contributed by atoms with E-state index in [1.807, 2.05) is 19.9 Å². The number of carbonyl (C=O) groups is 3. The first-order valence-electron chi connectivity index (χ1n) is 12.6. The van der Waals surface area contributed by atoms with Gasteiger partial charge in [-0.15, -0.1) is 0 Å². The maximum absolute atomic E-state index is 13.2. The number of rotatable bonds is 7. The van der Waals surface area contributed by atoms with Crippen molar-refractivity contribution < 1.29 is 34.1 Å². The molecule has 3 fully saturated rings. The van der Waals surface area contributed by atoms with Gasteiger partial charge < -0.3 is 19.7 Å². The smallest absolute Gasteiger partial charge is 0.308 e. The number of esters is 1. The maximum atomic E-state index is 13.2. The van der Waals surface area contributed by atoms with Gasteiger partial charge in [0.05, 0.1) is 19.1 Å². The highest BCUT2D eigenvalue weighted by Gasteiger charge is 2.68. The molecule has 34 heavy (non-hydrogen) atoms. The van der Waals surface area contributed by atoms with Crippen LogP contribution in [0.1, 0.15) is 59.8 Å². The number of fused-ring (bicyclic) bond motifs is 5. The van der Waals surface area contributed by atoms with Crippen LogP contribution in [0.3, 0.4) is 0 Å². The highest BCUT2D eigenvalue weighted by Crippen LogP contribution is 2.67. The van der Waals surface area contributed by atoms with Gasteiger partial charge in [-0.05, 0) is 62.5 Å². The number of carbonyl (C=O) groups excluding carboxylic acids is 3. The second-order valence-corrected chi connectivity index (χ2v) is 11.2. The average molecular weight is 475 g/mol. The van der Waals surface area contributed by atoms with Crippen LogP contribution in [0.4, 0.5) is 0 Å². The van der Waals surface area contributed by atoms with Crippen molar-refractivity contribution in [2.45, 2.75) is 71.5 Å². The lowest BCUT2D eigenvalue weighted by atomic mass is 9.45. The third kappa shape index (κ3) is 3.80. The molecule has 7 nitrogen and oxygen atoms in total. The Labute approximate surface area is 201 Å². The zero-order valence-corrected chi connectivity index (χ0v) is 20.7. The molecule has 0 aliphatic heterocycles. The lowest BCUT2D eigenvalue weighted by Crippen LogP contribution is -2.62. The number of aliphatic hydroxyl groups excluding tert-OH is 1. The van der Waals surface area contributed by atoms with Crippen molar-refractivity contribution in [3.8, 4) is 0 Å². The molecule has 2 N–H and O–H groups in total. The number of aliphatic hydroxyl groups is 2. The fourth-order valence-electron chi connectivity index (χ4n) is 7.85. The quantitative estimate of drug-likeness (QED) is 0.431. The summed E-state index contributed by atoms with van der Waals surface area (Å²) in [7, 11) is 0. The summed E-state index contributed by atoms with van der Waals surface area (Å²) in [5, 5.41) is 23.2. The van der Waals surface area contributed by atoms with Crippen LogP contribution in [0.2, 0.25) is 0 Å². The Morgan fingerprint density at radius 3 is 2.71 bits per heavy atom. The van der Waals surface area contributed by atoms with E-state index >= 15 is 0 Å². The summed E-state index contributed by atoms with van der Waals surface area (Å²) in [6.07, 6.45) is 6.69. The van der Waals surface area contributed by atoms with Crippen LogP contribution in [-0.2, 0) is 23.9 Å². The zero-order valence-electron chi connectivity index (χ0n) is 20.7. The third-order valence-corrected chi connectivity index (χ3v) is 9.45. The third-order valence-electron chi connectivity index (χ3n) is 9.45. The van der Waals surface area contributed by atoms with E-state index in [2.05, 4.69) is 13.8 Å². The lowest BCUT2D eigenvalue weighted by Gasteiger charge is -2.60. The number of hydrogen-bond donors (Lipinski definition) is 2. The van der Waals surface area contributed by atoms with Gasteiger partial charge in [0.25, 0.3) is 0 Å². The molecule has 0 aromatic rings. The van der Waals surface area contributed by atoms with E-state index in [9.17, 15) is 24.6 Å². The van der Waals surface area contributed by atoms with Gasteiger partial charge in [-0.1, -0.05) is 32.4 Å². The van der Waals surface area contributed by atoms with Gasteiger partial charge in [0, 0.05) is 23.4 Å². The van der Waals surface area contributed by atoms with Gasteiger partial charge in [-0.2, -0.15) is 0 Å². The zero-order chi connectivity index (χ0) is 24.9. The Morgan fingerprint density at radius 1 is 1.26 bits per heavy atom. The molecule has 2 unspecified atom stereocenters. The Balaban J connectivity index is 1.55. The van der Waals surface area contributed by atoms with E-state index in [1.165, 1.54) is 0 Å². The lowest BCUT2D eigenvalue weighted by molar-refractivity contribution is -0.182. The van der Waals surface area contributed by atoms with Gasteiger partial charge >= 0.3 is 5.97 Å². The SMILES string of the molecule is CCOCCC(=O)OCC(=O)[C@@]1(O)CC[C@H]2[C@@H]3CC(C)C4=CC(=O)C=C[C@]4(C)[C@H]3C(O)C[C@@]21C. The minimum absolute atomic E-state index is 0.00967. The van der Waals surface area contributed by atoms with Crippen LogP contribution in [0.25, 0.3) is 0 Å². The first-order valence-corrected chi connectivity index (χ1v) is 12.6. The van der Waals surface area contributed by atoms with E-state index in [0.717, 1.165) is 12.0 Å². The van der Waals surface area contributed by atoms with Crippen LogP contribution in [0.15, 0.2) is 23.8 Å². The molecule has 0 aromatic carbocycles. The molecule has 188 valence electrons. The Kier molecular flexibility index (Phi) is 6.68. The van der Waals surface area contributed by atoms with Crippen LogP contribution in [-0.4, -0.2) is 59.3 Å². The Morgan fingerprint density at radius 2 is 2.00 bits per heavy atom. The van der Waals surface area contributed by atoms with E-state index < -0.39 is 40.9 Å². The predicted molar refractivity (Wildman–Crippen MR) is 125 cm³/mol. The second kappa shape index (κ2) is 8.99. The maximum Gasteiger partial charge on any atom is 0.308 e. The van der Waals surface area contributed by atoms with Gasteiger partial charge in [-0.25, -0.2) is 0 Å². The number of ether oxygens (including phenoxy) is 2. The molecule has 0 spiro atoms. The largest absolute Gasteiger partial charge is 0.457 e. The molecule has 4 aliphatic carbocycles. The van der Waals surface area contributed by atoms with Crippen molar-refractivity contribution in [3.63, 3.8) is 0 Å². The summed E-state index contributed by atoms with van der Waals surface area (Å²) in [4.78, 5) is 37.3. The summed E-state index contributed by atoms with van der Waals surface area (Å²) in [5.41, 5.74) is -1.80. The standard InChI is InChI=1S/C27H38O7/c1-5-33-11-8-23(31)34-15-22(30)27(32)10-7-19-18-12-16(2)20-13-17(28)6-9-25(20,3)24(18)21(29)14-26(19,27)4/h6,9,13,16,18-19,21,24,29,32H,5,7-8,10-12,14-15H2,1-4H3/t16?,18-,19-,21?,24+,25-,26-,27-/m0/s1. The minimum Gasteiger partial charge on any atom is -0.457 e. The minimum atomic E-state index is -1.65. The van der Waals surface area contributed by atoms with Crippen LogP contribution >= 0.6 is 0 Å². The van der Waals surface area contributed by atoms with E-state index in [0.29, 0.717) is 25.9 Å². The first kappa shape index (κ1) is 25.3. The fraction of sp³-hybridized carbons (Fsp3) is 0.741. The number of Topliss-reactive ketones (excluding diaryl/α,β-unsaturated/α-hetero) is 1. The topological polar surface area (TPSA) is 110 Å². The normalized spacial score (nSPS) is 42.9. The average Bonchev–Trinajstić information content (AvgIpc) is 3.04. The van der Waals surface area contributed by atoms with E-state index in [1.54, 1.807) is 12.2 Å². The van der Waals surface area contributed by atoms with Crippen LogP contribution in [0, 0.1) is 34.5 Å². The number of allylic oxidation sites excluding steroid dienone is 4. The van der Waals surface area contributed by atoms with E-state index in [4.69, 9.17) is 9.47 Å². The Hall–Kier alpha value is -1.83. The molecule has 8 atom stereocenters. The molecule has 0 heterocycles. The molecule has 3 saturated carbocycles.